The van der Waals surface area contributed by atoms with Crippen LogP contribution < -0.4 is 10.6 Å². The van der Waals surface area contributed by atoms with Crippen LogP contribution in [0.15, 0.2) is 18.2 Å². The summed E-state index contributed by atoms with van der Waals surface area (Å²) in [6, 6.07) is 2.69. The van der Waals surface area contributed by atoms with Crippen molar-refractivity contribution in [1.29, 1.82) is 0 Å². The summed E-state index contributed by atoms with van der Waals surface area (Å²) < 4.78 is 17.7. The molecule has 0 saturated carbocycles. The van der Waals surface area contributed by atoms with Crippen molar-refractivity contribution >= 4 is 41.1 Å². The Morgan fingerprint density at radius 3 is 2.65 bits per heavy atom. The van der Waals surface area contributed by atoms with Gasteiger partial charge in [0.25, 0.3) is 11.8 Å². The molecule has 1 heterocycles. The Bertz CT molecular complexity index is 772. The molecule has 8 nitrogen and oxygen atoms in total. The van der Waals surface area contributed by atoms with Gasteiger partial charge in [-0.1, -0.05) is 18.5 Å². The number of imide groups is 1. The first-order chi connectivity index (χ1) is 12.2. The summed E-state index contributed by atoms with van der Waals surface area (Å²) >= 11 is 5.77. The van der Waals surface area contributed by atoms with Crippen LogP contribution in [0.3, 0.4) is 0 Å². The lowest BCUT2D eigenvalue weighted by Gasteiger charge is -2.18. The van der Waals surface area contributed by atoms with Crippen molar-refractivity contribution in [2.24, 2.45) is 0 Å². The molecule has 1 aromatic rings. The highest BCUT2D eigenvalue weighted by molar-refractivity contribution is 6.33. The second-order valence-electron chi connectivity index (χ2n) is 5.84. The van der Waals surface area contributed by atoms with E-state index in [4.69, 9.17) is 16.3 Å². The van der Waals surface area contributed by atoms with Gasteiger partial charge in [0.1, 0.15) is 17.9 Å². The van der Waals surface area contributed by atoms with Gasteiger partial charge in [-0.15, -0.1) is 0 Å². The monoisotopic (exact) mass is 385 g/mol. The minimum Gasteiger partial charge on any atom is -0.454 e. The number of nitrogens with zero attached hydrogens (tertiary/aromatic N) is 1. The van der Waals surface area contributed by atoms with Gasteiger partial charge in [-0.25, -0.2) is 9.18 Å². The summed E-state index contributed by atoms with van der Waals surface area (Å²) in [6.45, 7) is 2.02. The molecule has 1 atom stereocenters. The molecule has 0 unspecified atom stereocenters. The highest BCUT2D eigenvalue weighted by Crippen LogP contribution is 2.22. The van der Waals surface area contributed by atoms with E-state index >= 15 is 0 Å². The fraction of sp³-hybridized carbons (Fsp3) is 0.375. The molecule has 0 aromatic heterocycles. The third kappa shape index (κ3) is 4.29. The maximum Gasteiger partial charge on any atom is 0.326 e. The summed E-state index contributed by atoms with van der Waals surface area (Å²) in [5.74, 6) is -2.73. The number of carbonyl (C=O) groups excluding carboxylic acids is 4. The maximum absolute atomic E-state index is 12.9. The van der Waals surface area contributed by atoms with Gasteiger partial charge in [0, 0.05) is 0 Å². The van der Waals surface area contributed by atoms with E-state index in [2.05, 4.69) is 10.6 Å². The third-order valence-electron chi connectivity index (χ3n) is 3.91. The first-order valence-corrected chi connectivity index (χ1v) is 8.08. The zero-order chi connectivity index (χ0) is 19.5. The molecule has 10 heteroatoms. The van der Waals surface area contributed by atoms with Crippen LogP contribution >= 0.6 is 11.6 Å². The van der Waals surface area contributed by atoms with Crippen LogP contribution in [0, 0.1) is 5.82 Å². The molecule has 1 aromatic carbocycles. The van der Waals surface area contributed by atoms with Gasteiger partial charge in [-0.3, -0.25) is 19.3 Å². The standard InChI is InChI=1S/C16H17ClFN3O5/c1-3-16(2)14(24)21(15(25)20-16)7-13(23)26-8-12(22)19-11-5-4-9(18)6-10(11)17/h4-6H,3,7-8H2,1-2H3,(H,19,22)(H,20,25)/t16-/m0/s1. The number of rotatable bonds is 6. The van der Waals surface area contributed by atoms with Crippen molar-refractivity contribution in [3.8, 4) is 0 Å². The number of hydrogen-bond donors (Lipinski definition) is 2. The number of amides is 4. The number of ether oxygens (including phenoxy) is 1. The van der Waals surface area contributed by atoms with Crippen LogP contribution in [0.25, 0.3) is 0 Å². The highest BCUT2D eigenvalue weighted by atomic mass is 35.5. The molecule has 1 fully saturated rings. The minimum atomic E-state index is -1.06. The normalized spacial score (nSPS) is 19.3. The fourth-order valence-electron chi connectivity index (χ4n) is 2.23. The summed E-state index contributed by atoms with van der Waals surface area (Å²) in [6.07, 6.45) is 0.365. The van der Waals surface area contributed by atoms with Gasteiger partial charge < -0.3 is 15.4 Å². The van der Waals surface area contributed by atoms with Crippen LogP contribution in [-0.4, -0.2) is 47.4 Å². The molecule has 1 aliphatic heterocycles. The molecule has 1 saturated heterocycles. The Morgan fingerprint density at radius 1 is 1.38 bits per heavy atom. The molecular formula is C16H17ClFN3O5. The minimum absolute atomic E-state index is 0.0112. The summed E-state index contributed by atoms with van der Waals surface area (Å²) in [4.78, 5) is 48.3. The molecule has 0 spiro atoms. The fourth-order valence-corrected chi connectivity index (χ4v) is 2.44. The van der Waals surface area contributed by atoms with Crippen molar-refractivity contribution in [1.82, 2.24) is 10.2 Å². The average molecular weight is 386 g/mol. The van der Waals surface area contributed by atoms with Crippen LogP contribution in [0.4, 0.5) is 14.9 Å². The Kier molecular flexibility index (Phi) is 5.81. The SMILES string of the molecule is CC[C@]1(C)NC(=O)N(CC(=O)OCC(=O)Nc2ccc(F)cc2Cl)C1=O. The molecule has 0 bridgehead atoms. The number of benzene rings is 1. The van der Waals surface area contributed by atoms with E-state index < -0.39 is 48.3 Å². The topological polar surface area (TPSA) is 105 Å². The van der Waals surface area contributed by atoms with Gasteiger partial charge in [-0.2, -0.15) is 0 Å². The number of urea groups is 1. The van der Waals surface area contributed by atoms with E-state index in [0.717, 1.165) is 17.0 Å². The van der Waals surface area contributed by atoms with Crippen LogP contribution in [0.1, 0.15) is 20.3 Å². The first-order valence-electron chi connectivity index (χ1n) is 7.71. The molecule has 26 heavy (non-hydrogen) atoms. The molecule has 2 N–H and O–H groups in total. The second kappa shape index (κ2) is 7.69. The molecule has 140 valence electrons. The Labute approximate surface area is 153 Å². The molecule has 0 radical (unpaired) electrons. The van der Waals surface area contributed by atoms with Crippen molar-refractivity contribution in [2.75, 3.05) is 18.5 Å². The maximum atomic E-state index is 12.9. The van der Waals surface area contributed by atoms with Crippen molar-refractivity contribution in [3.63, 3.8) is 0 Å². The van der Waals surface area contributed by atoms with E-state index in [1.165, 1.54) is 6.07 Å². The quantitative estimate of drug-likeness (QED) is 0.572. The molecular weight excluding hydrogens is 369 g/mol. The predicted octanol–water partition coefficient (Wildman–Crippen LogP) is 1.68. The second-order valence-corrected chi connectivity index (χ2v) is 6.25. The highest BCUT2D eigenvalue weighted by Gasteiger charge is 2.47. The molecule has 2 rings (SSSR count). The lowest BCUT2D eigenvalue weighted by molar-refractivity contribution is -0.150. The van der Waals surface area contributed by atoms with E-state index in [-0.39, 0.29) is 10.7 Å². The number of hydrogen-bond acceptors (Lipinski definition) is 5. The molecule has 4 amide bonds. The number of carbonyl (C=O) groups is 4. The smallest absolute Gasteiger partial charge is 0.326 e. The van der Waals surface area contributed by atoms with E-state index in [1.54, 1.807) is 13.8 Å². The van der Waals surface area contributed by atoms with Crippen molar-refractivity contribution in [2.45, 2.75) is 25.8 Å². The Morgan fingerprint density at radius 2 is 2.08 bits per heavy atom. The average Bonchev–Trinajstić information content (AvgIpc) is 2.79. The van der Waals surface area contributed by atoms with Crippen molar-refractivity contribution < 1.29 is 28.3 Å². The Balaban J connectivity index is 1.86. The van der Waals surface area contributed by atoms with E-state index in [1.807, 2.05) is 0 Å². The summed E-state index contributed by atoms with van der Waals surface area (Å²) in [7, 11) is 0. The molecule has 0 aliphatic carbocycles. The van der Waals surface area contributed by atoms with Gasteiger partial charge in [0.05, 0.1) is 10.7 Å². The van der Waals surface area contributed by atoms with E-state index in [0.29, 0.717) is 6.42 Å². The van der Waals surface area contributed by atoms with Crippen LogP contribution in [0.5, 0.6) is 0 Å². The van der Waals surface area contributed by atoms with Crippen molar-refractivity contribution in [3.05, 3.63) is 29.0 Å². The summed E-state index contributed by atoms with van der Waals surface area (Å²) in [5, 5.41) is 4.84. The zero-order valence-corrected chi connectivity index (χ0v) is 14.9. The van der Waals surface area contributed by atoms with Gasteiger partial charge in [0.15, 0.2) is 6.61 Å². The van der Waals surface area contributed by atoms with Gasteiger partial charge in [0.2, 0.25) is 0 Å². The lowest BCUT2D eigenvalue weighted by atomic mass is 9.99. The number of halogens is 2. The van der Waals surface area contributed by atoms with Gasteiger partial charge >= 0.3 is 12.0 Å². The zero-order valence-electron chi connectivity index (χ0n) is 14.1. The number of anilines is 1. The van der Waals surface area contributed by atoms with Crippen LogP contribution in [0.2, 0.25) is 5.02 Å². The summed E-state index contributed by atoms with van der Waals surface area (Å²) in [5.41, 5.74) is -0.907. The predicted molar refractivity (Wildman–Crippen MR) is 89.9 cm³/mol. The van der Waals surface area contributed by atoms with Crippen LogP contribution in [-0.2, 0) is 19.1 Å². The number of nitrogens with one attached hydrogen (secondary N) is 2. The molecule has 1 aliphatic rings. The van der Waals surface area contributed by atoms with Gasteiger partial charge in [-0.05, 0) is 31.5 Å². The van der Waals surface area contributed by atoms with E-state index in [9.17, 15) is 23.6 Å². The number of esters is 1. The largest absolute Gasteiger partial charge is 0.454 e. The third-order valence-corrected chi connectivity index (χ3v) is 4.22. The Hall–Kier alpha value is -2.68. The lowest BCUT2D eigenvalue weighted by Crippen LogP contribution is -2.43. The first kappa shape index (κ1) is 19.6.